The molecular formula is C16H16FN3O3S. The summed E-state index contributed by atoms with van der Waals surface area (Å²) in [6.45, 7) is 1.64. The highest BCUT2D eigenvalue weighted by molar-refractivity contribution is 7.89. The molecule has 0 radical (unpaired) electrons. The summed E-state index contributed by atoms with van der Waals surface area (Å²) < 4.78 is 45.1. The molecule has 1 heterocycles. The fourth-order valence-electron chi connectivity index (χ4n) is 1.92. The highest BCUT2D eigenvalue weighted by Crippen LogP contribution is 2.29. The smallest absolute Gasteiger partial charge is 0.248 e. The number of benzene rings is 1. The number of pyridine rings is 1. The molecule has 1 atom stereocenters. The second-order valence-corrected chi connectivity index (χ2v) is 7.06. The number of halogens is 1. The lowest BCUT2D eigenvalue weighted by Crippen LogP contribution is -2.35. The molecule has 126 valence electrons. The SMILES string of the molecule is C[C@H](CC#N)N(C)S(=O)(=O)c1cccnc1Oc1ccc(F)cc1. The molecule has 0 unspecified atom stereocenters. The van der Waals surface area contributed by atoms with Gasteiger partial charge in [0.25, 0.3) is 0 Å². The largest absolute Gasteiger partial charge is 0.438 e. The molecule has 0 amide bonds. The zero-order valence-corrected chi connectivity index (χ0v) is 14.0. The summed E-state index contributed by atoms with van der Waals surface area (Å²) >= 11 is 0. The van der Waals surface area contributed by atoms with Gasteiger partial charge in [-0.05, 0) is 43.3 Å². The van der Waals surface area contributed by atoms with Crippen molar-refractivity contribution < 1.29 is 17.5 Å². The number of rotatable bonds is 6. The minimum atomic E-state index is -3.90. The van der Waals surface area contributed by atoms with Crippen LogP contribution in [-0.2, 0) is 10.0 Å². The Bertz CT molecular complexity index is 848. The Morgan fingerprint density at radius 2 is 2.00 bits per heavy atom. The summed E-state index contributed by atoms with van der Waals surface area (Å²) in [7, 11) is -2.50. The maximum absolute atomic E-state index is 13.0. The van der Waals surface area contributed by atoms with Gasteiger partial charge in [0.1, 0.15) is 16.5 Å². The topological polar surface area (TPSA) is 83.3 Å². The highest BCUT2D eigenvalue weighted by Gasteiger charge is 2.29. The van der Waals surface area contributed by atoms with Crippen molar-refractivity contribution in [2.24, 2.45) is 0 Å². The van der Waals surface area contributed by atoms with Crippen molar-refractivity contribution in [1.82, 2.24) is 9.29 Å². The summed E-state index contributed by atoms with van der Waals surface area (Å²) in [5.41, 5.74) is 0. The van der Waals surface area contributed by atoms with Crippen LogP contribution >= 0.6 is 0 Å². The third kappa shape index (κ3) is 3.88. The predicted molar refractivity (Wildman–Crippen MR) is 85.4 cm³/mol. The highest BCUT2D eigenvalue weighted by atomic mass is 32.2. The first-order chi connectivity index (χ1) is 11.4. The number of hydrogen-bond donors (Lipinski definition) is 0. The van der Waals surface area contributed by atoms with Crippen LogP contribution in [0.25, 0.3) is 0 Å². The van der Waals surface area contributed by atoms with E-state index >= 15 is 0 Å². The van der Waals surface area contributed by atoms with Crippen LogP contribution in [0.4, 0.5) is 4.39 Å². The van der Waals surface area contributed by atoms with Crippen LogP contribution < -0.4 is 4.74 Å². The van der Waals surface area contributed by atoms with E-state index in [4.69, 9.17) is 10.00 Å². The Balaban J connectivity index is 2.37. The van der Waals surface area contributed by atoms with Crippen molar-refractivity contribution in [3.05, 3.63) is 48.4 Å². The molecule has 0 aliphatic carbocycles. The molecule has 1 aromatic carbocycles. The van der Waals surface area contributed by atoms with Crippen LogP contribution in [0.15, 0.2) is 47.5 Å². The number of nitrogens with zero attached hydrogens (tertiary/aromatic N) is 3. The van der Waals surface area contributed by atoms with Crippen molar-refractivity contribution in [3.8, 4) is 17.7 Å². The van der Waals surface area contributed by atoms with Crippen LogP contribution in [0.5, 0.6) is 11.6 Å². The van der Waals surface area contributed by atoms with Crippen molar-refractivity contribution in [1.29, 1.82) is 5.26 Å². The Kier molecular flexibility index (Phi) is 5.49. The number of aromatic nitrogens is 1. The summed E-state index contributed by atoms with van der Waals surface area (Å²) in [5.74, 6) is -0.277. The van der Waals surface area contributed by atoms with Gasteiger partial charge in [-0.15, -0.1) is 0 Å². The maximum atomic E-state index is 13.0. The van der Waals surface area contributed by atoms with E-state index in [9.17, 15) is 12.8 Å². The molecule has 6 nitrogen and oxygen atoms in total. The fourth-order valence-corrected chi connectivity index (χ4v) is 3.34. The molecule has 0 aliphatic heterocycles. The number of nitriles is 1. The van der Waals surface area contributed by atoms with Gasteiger partial charge in [0.15, 0.2) is 0 Å². The molecule has 1 aromatic heterocycles. The van der Waals surface area contributed by atoms with Crippen LogP contribution in [0.3, 0.4) is 0 Å². The Morgan fingerprint density at radius 1 is 1.33 bits per heavy atom. The minimum absolute atomic E-state index is 0.0597. The third-order valence-electron chi connectivity index (χ3n) is 3.43. The predicted octanol–water partition coefficient (Wildman–Crippen LogP) is 2.94. The molecule has 2 rings (SSSR count). The van der Waals surface area contributed by atoms with E-state index in [1.807, 2.05) is 6.07 Å². The van der Waals surface area contributed by atoms with E-state index in [2.05, 4.69) is 4.98 Å². The minimum Gasteiger partial charge on any atom is -0.438 e. The van der Waals surface area contributed by atoms with Crippen LogP contribution in [0.2, 0.25) is 0 Å². The monoisotopic (exact) mass is 349 g/mol. The zero-order valence-electron chi connectivity index (χ0n) is 13.2. The van der Waals surface area contributed by atoms with E-state index in [1.165, 1.54) is 49.6 Å². The van der Waals surface area contributed by atoms with Crippen molar-refractivity contribution in [3.63, 3.8) is 0 Å². The molecule has 0 bridgehead atoms. The lowest BCUT2D eigenvalue weighted by molar-refractivity contribution is 0.387. The molecule has 0 N–H and O–H groups in total. The van der Waals surface area contributed by atoms with Gasteiger partial charge in [-0.25, -0.2) is 17.8 Å². The van der Waals surface area contributed by atoms with E-state index < -0.39 is 21.9 Å². The lowest BCUT2D eigenvalue weighted by atomic mass is 10.3. The molecular weight excluding hydrogens is 333 g/mol. The Morgan fingerprint density at radius 3 is 2.62 bits per heavy atom. The van der Waals surface area contributed by atoms with Crippen LogP contribution in [-0.4, -0.2) is 30.8 Å². The lowest BCUT2D eigenvalue weighted by Gasteiger charge is -2.23. The van der Waals surface area contributed by atoms with Gasteiger partial charge in [0, 0.05) is 19.3 Å². The van der Waals surface area contributed by atoms with E-state index in [0.29, 0.717) is 0 Å². The molecule has 2 aromatic rings. The van der Waals surface area contributed by atoms with Crippen LogP contribution in [0, 0.1) is 17.1 Å². The first kappa shape index (κ1) is 17.8. The van der Waals surface area contributed by atoms with Crippen molar-refractivity contribution >= 4 is 10.0 Å². The van der Waals surface area contributed by atoms with E-state index in [1.54, 1.807) is 6.92 Å². The van der Waals surface area contributed by atoms with E-state index in [0.717, 1.165) is 4.31 Å². The Hall–Kier alpha value is -2.50. The number of sulfonamides is 1. The second kappa shape index (κ2) is 7.38. The van der Waals surface area contributed by atoms with E-state index in [-0.39, 0.29) is 22.9 Å². The van der Waals surface area contributed by atoms with Gasteiger partial charge in [0.05, 0.1) is 12.5 Å². The maximum Gasteiger partial charge on any atom is 0.248 e. The van der Waals surface area contributed by atoms with Crippen molar-refractivity contribution in [2.75, 3.05) is 7.05 Å². The molecule has 0 aliphatic rings. The molecule has 0 saturated carbocycles. The fraction of sp³-hybridized carbons (Fsp3) is 0.250. The molecule has 0 spiro atoms. The van der Waals surface area contributed by atoms with Gasteiger partial charge < -0.3 is 4.74 Å². The van der Waals surface area contributed by atoms with Crippen LogP contribution in [0.1, 0.15) is 13.3 Å². The Labute approximate surface area is 140 Å². The first-order valence-corrected chi connectivity index (χ1v) is 8.53. The van der Waals surface area contributed by atoms with Gasteiger partial charge in [-0.3, -0.25) is 0 Å². The summed E-state index contributed by atoms with van der Waals surface area (Å²) in [6.07, 6.45) is 1.46. The molecule has 24 heavy (non-hydrogen) atoms. The van der Waals surface area contributed by atoms with Gasteiger partial charge in [0.2, 0.25) is 15.9 Å². The normalized spacial score (nSPS) is 12.6. The molecule has 8 heteroatoms. The molecule has 0 saturated heterocycles. The summed E-state index contributed by atoms with van der Waals surface area (Å²) in [5, 5.41) is 8.75. The zero-order chi connectivity index (χ0) is 17.7. The summed E-state index contributed by atoms with van der Waals surface area (Å²) in [6, 6.07) is 9.45. The first-order valence-electron chi connectivity index (χ1n) is 7.09. The standard InChI is InChI=1S/C16H16FN3O3S/c1-12(9-10-18)20(2)24(21,22)15-4-3-11-19-16(15)23-14-7-5-13(17)6-8-14/h3-8,11-12H,9H2,1-2H3/t12-/m1/s1. The third-order valence-corrected chi connectivity index (χ3v) is 5.41. The quantitative estimate of drug-likeness (QED) is 0.801. The molecule has 0 fully saturated rings. The van der Waals surface area contributed by atoms with Crippen molar-refractivity contribution in [2.45, 2.75) is 24.3 Å². The van der Waals surface area contributed by atoms with Gasteiger partial charge >= 0.3 is 0 Å². The van der Waals surface area contributed by atoms with Gasteiger partial charge in [-0.1, -0.05) is 0 Å². The average Bonchev–Trinajstić information content (AvgIpc) is 2.57. The second-order valence-electron chi connectivity index (χ2n) is 5.10. The van der Waals surface area contributed by atoms with Gasteiger partial charge in [-0.2, -0.15) is 9.57 Å². The number of ether oxygens (including phenoxy) is 1. The average molecular weight is 349 g/mol. The summed E-state index contributed by atoms with van der Waals surface area (Å²) in [4.78, 5) is 3.84. The number of hydrogen-bond acceptors (Lipinski definition) is 5.